The molecular weight excluding hydrogens is 295 g/mol. The van der Waals surface area contributed by atoms with Crippen molar-refractivity contribution in [2.24, 2.45) is 0 Å². The van der Waals surface area contributed by atoms with Gasteiger partial charge in [-0.3, -0.25) is 4.72 Å². The largest absolute Gasteiger partial charge is 0.497 e. The summed E-state index contributed by atoms with van der Waals surface area (Å²) in [6, 6.07) is 4.19. The molecule has 0 aliphatic carbocycles. The van der Waals surface area contributed by atoms with E-state index in [1.165, 1.54) is 25.3 Å². The van der Waals surface area contributed by atoms with Crippen molar-refractivity contribution in [2.75, 3.05) is 24.1 Å². The molecule has 0 saturated carbocycles. The molecule has 1 heterocycles. The molecule has 1 aliphatic rings. The summed E-state index contributed by atoms with van der Waals surface area (Å²) in [7, 11) is -2.12. The molecule has 0 amide bonds. The smallest absolute Gasteiger partial charge is 0.232 e. The Bertz CT molecular complexity index is 572. The number of methoxy groups -OCH3 is 1. The Kier molecular flexibility index (Phi) is 5.41. The van der Waals surface area contributed by atoms with E-state index in [1.807, 2.05) is 0 Å². The minimum absolute atomic E-state index is 0.0265. The van der Waals surface area contributed by atoms with Crippen LogP contribution in [0.4, 0.5) is 10.1 Å². The summed E-state index contributed by atoms with van der Waals surface area (Å²) in [5.74, 6) is -0.236. The van der Waals surface area contributed by atoms with E-state index < -0.39 is 15.8 Å². The molecule has 21 heavy (non-hydrogen) atoms. The van der Waals surface area contributed by atoms with Crippen molar-refractivity contribution in [1.82, 2.24) is 5.32 Å². The zero-order valence-corrected chi connectivity index (χ0v) is 12.9. The fourth-order valence-electron chi connectivity index (χ4n) is 2.40. The molecule has 0 spiro atoms. The molecule has 0 radical (unpaired) electrons. The average molecular weight is 316 g/mol. The van der Waals surface area contributed by atoms with Crippen LogP contribution in [-0.2, 0) is 10.0 Å². The highest BCUT2D eigenvalue weighted by Gasteiger charge is 2.18. The van der Waals surface area contributed by atoms with Crippen molar-refractivity contribution < 1.29 is 17.5 Å². The van der Waals surface area contributed by atoms with Crippen molar-refractivity contribution in [3.63, 3.8) is 0 Å². The maximum absolute atomic E-state index is 13.6. The molecular formula is C14H21FN2O3S. The van der Waals surface area contributed by atoms with Crippen LogP contribution in [0.5, 0.6) is 5.75 Å². The molecule has 1 unspecified atom stereocenters. The SMILES string of the molecule is COc1ccc(F)c(NS(=O)(=O)CCC2CCCCN2)c1. The average Bonchev–Trinajstić information content (AvgIpc) is 2.48. The predicted octanol–water partition coefficient (Wildman–Crippen LogP) is 2.11. The van der Waals surface area contributed by atoms with Crippen LogP contribution >= 0.6 is 0 Å². The molecule has 1 atom stereocenters. The zero-order chi connectivity index (χ0) is 15.3. The van der Waals surface area contributed by atoms with Gasteiger partial charge in [0.05, 0.1) is 18.6 Å². The number of ether oxygens (including phenoxy) is 1. The number of benzene rings is 1. The Labute approximate surface area is 124 Å². The summed E-state index contributed by atoms with van der Waals surface area (Å²) in [6.45, 7) is 0.933. The minimum Gasteiger partial charge on any atom is -0.497 e. The van der Waals surface area contributed by atoms with E-state index in [4.69, 9.17) is 4.74 Å². The maximum atomic E-state index is 13.6. The number of piperidine rings is 1. The van der Waals surface area contributed by atoms with Gasteiger partial charge in [-0.25, -0.2) is 12.8 Å². The second-order valence-corrected chi connectivity index (χ2v) is 7.04. The topological polar surface area (TPSA) is 67.4 Å². The van der Waals surface area contributed by atoms with Crippen molar-refractivity contribution in [3.8, 4) is 5.75 Å². The third kappa shape index (κ3) is 4.86. The fraction of sp³-hybridized carbons (Fsp3) is 0.571. The van der Waals surface area contributed by atoms with Crippen LogP contribution in [0.1, 0.15) is 25.7 Å². The molecule has 7 heteroatoms. The molecule has 118 valence electrons. The first-order chi connectivity index (χ1) is 10.00. The van der Waals surface area contributed by atoms with E-state index in [1.54, 1.807) is 0 Å². The van der Waals surface area contributed by atoms with E-state index in [0.29, 0.717) is 12.2 Å². The van der Waals surface area contributed by atoms with Gasteiger partial charge in [0.2, 0.25) is 10.0 Å². The fourth-order valence-corrected chi connectivity index (χ4v) is 3.58. The molecule has 0 aromatic heterocycles. The van der Waals surface area contributed by atoms with Gasteiger partial charge in [-0.1, -0.05) is 6.42 Å². The molecule has 1 fully saturated rings. The third-order valence-corrected chi connectivity index (χ3v) is 4.89. The second kappa shape index (κ2) is 7.09. The normalized spacial score (nSPS) is 19.2. The molecule has 0 bridgehead atoms. The van der Waals surface area contributed by atoms with Gasteiger partial charge in [-0.2, -0.15) is 0 Å². The minimum atomic E-state index is -3.57. The quantitative estimate of drug-likeness (QED) is 0.843. The molecule has 1 aromatic carbocycles. The number of nitrogens with one attached hydrogen (secondary N) is 2. The van der Waals surface area contributed by atoms with Gasteiger partial charge in [0.15, 0.2) is 0 Å². The lowest BCUT2D eigenvalue weighted by atomic mass is 10.0. The number of hydrogen-bond donors (Lipinski definition) is 2. The van der Waals surface area contributed by atoms with Gasteiger partial charge in [0.25, 0.3) is 0 Å². The molecule has 1 aliphatic heterocycles. The van der Waals surface area contributed by atoms with Crippen molar-refractivity contribution in [3.05, 3.63) is 24.0 Å². The van der Waals surface area contributed by atoms with Crippen LogP contribution in [0, 0.1) is 5.82 Å². The zero-order valence-electron chi connectivity index (χ0n) is 12.1. The lowest BCUT2D eigenvalue weighted by Gasteiger charge is -2.23. The van der Waals surface area contributed by atoms with E-state index in [9.17, 15) is 12.8 Å². The van der Waals surface area contributed by atoms with Crippen LogP contribution in [0.15, 0.2) is 18.2 Å². The molecule has 2 rings (SSSR count). The highest BCUT2D eigenvalue weighted by Crippen LogP contribution is 2.22. The third-order valence-electron chi connectivity index (χ3n) is 3.59. The lowest BCUT2D eigenvalue weighted by molar-refractivity contribution is 0.393. The van der Waals surface area contributed by atoms with Crippen LogP contribution in [0.2, 0.25) is 0 Å². The van der Waals surface area contributed by atoms with Crippen molar-refractivity contribution >= 4 is 15.7 Å². The van der Waals surface area contributed by atoms with Crippen molar-refractivity contribution in [2.45, 2.75) is 31.7 Å². The highest BCUT2D eigenvalue weighted by molar-refractivity contribution is 7.92. The first-order valence-electron chi connectivity index (χ1n) is 7.07. The number of rotatable bonds is 6. The number of halogens is 1. The Balaban J connectivity index is 1.96. The van der Waals surface area contributed by atoms with Crippen LogP contribution in [0.3, 0.4) is 0 Å². The predicted molar refractivity (Wildman–Crippen MR) is 80.6 cm³/mol. The highest BCUT2D eigenvalue weighted by atomic mass is 32.2. The number of hydrogen-bond acceptors (Lipinski definition) is 4. The van der Waals surface area contributed by atoms with E-state index in [0.717, 1.165) is 25.8 Å². The van der Waals surface area contributed by atoms with E-state index >= 15 is 0 Å². The summed E-state index contributed by atoms with van der Waals surface area (Å²) < 4.78 is 45.0. The summed E-state index contributed by atoms with van der Waals surface area (Å²) in [5.41, 5.74) is -0.0778. The van der Waals surface area contributed by atoms with Gasteiger partial charge >= 0.3 is 0 Å². The number of sulfonamides is 1. The number of anilines is 1. The first-order valence-corrected chi connectivity index (χ1v) is 8.73. The maximum Gasteiger partial charge on any atom is 0.232 e. The second-order valence-electron chi connectivity index (χ2n) is 5.20. The Morgan fingerprint density at radius 3 is 2.90 bits per heavy atom. The Hall–Kier alpha value is -1.34. The standard InChI is InChI=1S/C14H21FN2O3S/c1-20-12-5-6-13(15)14(10-12)17-21(18,19)9-7-11-4-2-3-8-16-11/h5-6,10-11,16-17H,2-4,7-9H2,1H3. The van der Waals surface area contributed by atoms with Gasteiger partial charge in [-0.15, -0.1) is 0 Å². The van der Waals surface area contributed by atoms with Crippen molar-refractivity contribution in [1.29, 1.82) is 0 Å². The summed E-state index contributed by atoms with van der Waals surface area (Å²) >= 11 is 0. The van der Waals surface area contributed by atoms with Gasteiger partial charge < -0.3 is 10.1 Å². The van der Waals surface area contributed by atoms with Crippen LogP contribution < -0.4 is 14.8 Å². The molecule has 1 aromatic rings. The molecule has 5 nitrogen and oxygen atoms in total. The Morgan fingerprint density at radius 1 is 1.43 bits per heavy atom. The monoisotopic (exact) mass is 316 g/mol. The van der Waals surface area contributed by atoms with E-state index in [2.05, 4.69) is 10.0 Å². The Morgan fingerprint density at radius 2 is 2.24 bits per heavy atom. The molecule has 1 saturated heterocycles. The van der Waals surface area contributed by atoms with Gasteiger partial charge in [0.1, 0.15) is 11.6 Å². The van der Waals surface area contributed by atoms with Crippen LogP contribution in [-0.4, -0.2) is 33.9 Å². The summed E-state index contributed by atoms with van der Waals surface area (Å²) in [6.07, 6.45) is 3.77. The van der Waals surface area contributed by atoms with Gasteiger partial charge in [0, 0.05) is 12.1 Å². The summed E-state index contributed by atoms with van der Waals surface area (Å²) in [5, 5.41) is 3.30. The lowest BCUT2D eigenvalue weighted by Crippen LogP contribution is -2.36. The van der Waals surface area contributed by atoms with Gasteiger partial charge in [-0.05, 0) is 37.9 Å². The van der Waals surface area contributed by atoms with E-state index in [-0.39, 0.29) is 17.5 Å². The molecule has 2 N–H and O–H groups in total. The first kappa shape index (κ1) is 16.0. The summed E-state index contributed by atoms with van der Waals surface area (Å²) in [4.78, 5) is 0. The van der Waals surface area contributed by atoms with Crippen LogP contribution in [0.25, 0.3) is 0 Å².